The minimum atomic E-state index is -0.124. The highest BCUT2D eigenvalue weighted by Crippen LogP contribution is 2.17. The van der Waals surface area contributed by atoms with Crippen molar-refractivity contribution in [1.82, 2.24) is 15.0 Å². The Morgan fingerprint density at radius 2 is 1.81 bits per heavy atom. The van der Waals surface area contributed by atoms with E-state index >= 15 is 0 Å². The number of amides is 1. The first-order valence-electron chi connectivity index (χ1n) is 8.43. The first kappa shape index (κ1) is 17.7. The van der Waals surface area contributed by atoms with E-state index in [1.807, 2.05) is 44.2 Å². The zero-order valence-corrected chi connectivity index (χ0v) is 15.0. The Kier molecular flexibility index (Phi) is 5.31. The van der Waals surface area contributed by atoms with Gasteiger partial charge in [0.05, 0.1) is 12.6 Å². The monoisotopic (exact) mass is 351 g/mol. The predicted octanol–water partition coefficient (Wildman–Crippen LogP) is 3.80. The molecular formula is C20H21N3O3. The Morgan fingerprint density at radius 3 is 2.46 bits per heavy atom. The molecule has 0 bridgehead atoms. The summed E-state index contributed by atoms with van der Waals surface area (Å²) in [6.45, 7) is 4.16. The molecule has 2 aromatic carbocycles. The molecule has 1 heterocycles. The molecule has 0 aliphatic heterocycles. The summed E-state index contributed by atoms with van der Waals surface area (Å²) >= 11 is 0. The van der Waals surface area contributed by atoms with E-state index in [-0.39, 0.29) is 18.6 Å². The highest BCUT2D eigenvalue weighted by atomic mass is 16.5. The van der Waals surface area contributed by atoms with Gasteiger partial charge >= 0.3 is 0 Å². The van der Waals surface area contributed by atoms with Crippen molar-refractivity contribution in [3.8, 4) is 17.1 Å². The molecule has 6 nitrogen and oxygen atoms in total. The van der Waals surface area contributed by atoms with E-state index in [4.69, 9.17) is 9.26 Å². The Bertz CT molecular complexity index is 858. The third-order valence-electron chi connectivity index (χ3n) is 3.69. The summed E-state index contributed by atoms with van der Waals surface area (Å²) in [5.41, 5.74) is 1.45. The molecule has 3 aromatic rings. The Balaban J connectivity index is 1.65. The molecule has 0 saturated heterocycles. The molecular weight excluding hydrogens is 330 g/mol. The maximum absolute atomic E-state index is 12.6. The molecule has 134 valence electrons. The molecule has 0 N–H and O–H groups in total. The van der Waals surface area contributed by atoms with Gasteiger partial charge in [-0.3, -0.25) is 4.79 Å². The average molecular weight is 351 g/mol. The number of hydrogen-bond donors (Lipinski definition) is 0. The Labute approximate surface area is 152 Å². The largest absolute Gasteiger partial charge is 0.491 e. The van der Waals surface area contributed by atoms with Gasteiger partial charge in [0.1, 0.15) is 5.75 Å². The van der Waals surface area contributed by atoms with Gasteiger partial charge in [0.25, 0.3) is 5.91 Å². The molecule has 0 atom stereocenters. The number of nitrogens with zero attached hydrogens (tertiary/aromatic N) is 3. The quantitative estimate of drug-likeness (QED) is 0.676. The van der Waals surface area contributed by atoms with Crippen LogP contribution in [0.5, 0.6) is 5.75 Å². The molecule has 1 amide bonds. The van der Waals surface area contributed by atoms with Crippen LogP contribution in [0.4, 0.5) is 0 Å². The van der Waals surface area contributed by atoms with Crippen LogP contribution in [0.2, 0.25) is 0 Å². The fourth-order valence-electron chi connectivity index (χ4n) is 2.47. The third-order valence-corrected chi connectivity index (χ3v) is 3.69. The highest BCUT2D eigenvalue weighted by molar-refractivity contribution is 5.94. The Morgan fingerprint density at radius 1 is 1.12 bits per heavy atom. The number of benzene rings is 2. The van der Waals surface area contributed by atoms with Crippen LogP contribution in [0.3, 0.4) is 0 Å². The van der Waals surface area contributed by atoms with Crippen molar-refractivity contribution >= 4 is 5.91 Å². The summed E-state index contributed by atoms with van der Waals surface area (Å²) in [4.78, 5) is 18.4. The fraction of sp³-hybridized carbons (Fsp3) is 0.250. The summed E-state index contributed by atoms with van der Waals surface area (Å²) in [6.07, 6.45) is 0.0931. The van der Waals surface area contributed by atoms with Crippen LogP contribution < -0.4 is 4.74 Å². The minimum Gasteiger partial charge on any atom is -0.491 e. The minimum absolute atomic E-state index is 0.0931. The number of ether oxygens (including phenoxy) is 1. The van der Waals surface area contributed by atoms with Gasteiger partial charge in [0.2, 0.25) is 11.7 Å². The van der Waals surface area contributed by atoms with Crippen LogP contribution in [-0.2, 0) is 6.54 Å². The third kappa shape index (κ3) is 4.27. The van der Waals surface area contributed by atoms with Crippen molar-refractivity contribution in [2.45, 2.75) is 26.5 Å². The van der Waals surface area contributed by atoms with Gasteiger partial charge < -0.3 is 14.2 Å². The second-order valence-corrected chi connectivity index (χ2v) is 6.23. The highest BCUT2D eigenvalue weighted by Gasteiger charge is 2.16. The summed E-state index contributed by atoms with van der Waals surface area (Å²) < 4.78 is 10.9. The van der Waals surface area contributed by atoms with Crippen LogP contribution in [0.15, 0.2) is 59.1 Å². The van der Waals surface area contributed by atoms with E-state index in [9.17, 15) is 4.79 Å². The summed E-state index contributed by atoms with van der Waals surface area (Å²) in [7, 11) is 1.70. The first-order valence-corrected chi connectivity index (χ1v) is 8.43. The van der Waals surface area contributed by atoms with Crippen molar-refractivity contribution in [3.05, 3.63) is 66.1 Å². The van der Waals surface area contributed by atoms with E-state index in [1.165, 1.54) is 0 Å². The maximum atomic E-state index is 12.6. The van der Waals surface area contributed by atoms with E-state index in [1.54, 1.807) is 36.2 Å². The molecule has 1 aromatic heterocycles. The molecule has 3 rings (SSSR count). The van der Waals surface area contributed by atoms with Crippen molar-refractivity contribution < 1.29 is 14.1 Å². The maximum Gasteiger partial charge on any atom is 0.254 e. The van der Waals surface area contributed by atoms with Crippen LogP contribution in [0, 0.1) is 0 Å². The summed E-state index contributed by atoms with van der Waals surface area (Å²) in [6, 6.07) is 16.6. The van der Waals surface area contributed by atoms with E-state index in [0.29, 0.717) is 17.3 Å². The van der Waals surface area contributed by atoms with Crippen LogP contribution in [0.25, 0.3) is 11.4 Å². The topological polar surface area (TPSA) is 68.5 Å². The molecule has 0 radical (unpaired) electrons. The molecule has 26 heavy (non-hydrogen) atoms. The van der Waals surface area contributed by atoms with E-state index in [0.717, 1.165) is 11.3 Å². The molecule has 0 unspecified atom stereocenters. The van der Waals surface area contributed by atoms with Crippen molar-refractivity contribution in [2.75, 3.05) is 7.05 Å². The fourth-order valence-corrected chi connectivity index (χ4v) is 2.47. The van der Waals surface area contributed by atoms with Gasteiger partial charge in [0.15, 0.2) is 0 Å². The summed E-state index contributed by atoms with van der Waals surface area (Å²) in [5.74, 6) is 1.51. The first-order chi connectivity index (χ1) is 12.5. The van der Waals surface area contributed by atoms with Crippen LogP contribution in [0.1, 0.15) is 30.1 Å². The van der Waals surface area contributed by atoms with Gasteiger partial charge in [-0.2, -0.15) is 4.98 Å². The van der Waals surface area contributed by atoms with Crippen molar-refractivity contribution in [1.29, 1.82) is 0 Å². The van der Waals surface area contributed by atoms with Gasteiger partial charge in [-0.05, 0) is 38.1 Å². The Hall–Kier alpha value is -3.15. The van der Waals surface area contributed by atoms with Crippen molar-refractivity contribution in [2.24, 2.45) is 0 Å². The standard InChI is InChI=1S/C20H21N3O3/c1-14(2)25-17-11-9-16(10-12-17)20(24)23(3)13-18-21-19(22-26-18)15-7-5-4-6-8-15/h4-12,14H,13H2,1-3H3. The second-order valence-electron chi connectivity index (χ2n) is 6.23. The van der Waals surface area contributed by atoms with Gasteiger partial charge in [-0.15, -0.1) is 0 Å². The lowest BCUT2D eigenvalue weighted by molar-refractivity contribution is 0.0769. The smallest absolute Gasteiger partial charge is 0.254 e. The molecule has 6 heteroatoms. The average Bonchev–Trinajstić information content (AvgIpc) is 3.10. The van der Waals surface area contributed by atoms with Crippen molar-refractivity contribution in [3.63, 3.8) is 0 Å². The van der Waals surface area contributed by atoms with Crippen LogP contribution >= 0.6 is 0 Å². The number of rotatable bonds is 6. The number of aromatic nitrogens is 2. The molecule has 0 spiro atoms. The number of carbonyl (C=O) groups is 1. The lowest BCUT2D eigenvalue weighted by Crippen LogP contribution is -2.26. The van der Waals surface area contributed by atoms with E-state index in [2.05, 4.69) is 10.1 Å². The normalized spacial score (nSPS) is 10.8. The lowest BCUT2D eigenvalue weighted by atomic mass is 10.2. The van der Waals surface area contributed by atoms with Gasteiger partial charge in [-0.25, -0.2) is 0 Å². The molecule has 0 aliphatic carbocycles. The number of carbonyl (C=O) groups excluding carboxylic acids is 1. The SMILES string of the molecule is CC(C)Oc1ccc(C(=O)N(C)Cc2nc(-c3ccccc3)no2)cc1. The summed E-state index contributed by atoms with van der Waals surface area (Å²) in [5, 5.41) is 3.97. The van der Waals surface area contributed by atoms with E-state index < -0.39 is 0 Å². The zero-order chi connectivity index (χ0) is 18.5. The lowest BCUT2D eigenvalue weighted by Gasteiger charge is -2.15. The van der Waals surface area contributed by atoms with Gasteiger partial charge in [0, 0.05) is 18.2 Å². The zero-order valence-electron chi connectivity index (χ0n) is 15.0. The molecule has 0 saturated carbocycles. The van der Waals surface area contributed by atoms with Gasteiger partial charge in [-0.1, -0.05) is 35.5 Å². The molecule has 0 fully saturated rings. The molecule has 0 aliphatic rings. The van der Waals surface area contributed by atoms with Crippen LogP contribution in [-0.4, -0.2) is 34.1 Å². The number of hydrogen-bond acceptors (Lipinski definition) is 5. The second kappa shape index (κ2) is 7.82. The predicted molar refractivity (Wildman–Crippen MR) is 97.7 cm³/mol.